The minimum atomic E-state index is -1.08. The maximum absolute atomic E-state index is 11.0. The molecule has 1 aromatic carbocycles. The molecule has 0 saturated heterocycles. The average molecular weight is 239 g/mol. The van der Waals surface area contributed by atoms with Crippen LogP contribution >= 0.6 is 11.6 Å². The molecule has 16 heavy (non-hydrogen) atoms. The third kappa shape index (κ3) is 1.87. The van der Waals surface area contributed by atoms with Crippen molar-refractivity contribution in [3.63, 3.8) is 0 Å². The van der Waals surface area contributed by atoms with Crippen LogP contribution in [0, 0.1) is 0 Å². The highest BCUT2D eigenvalue weighted by Gasteiger charge is 2.15. The Bertz CT molecular complexity index is 552. The maximum Gasteiger partial charge on any atom is 0.336 e. The number of carboxylic acid groups (broad SMARTS) is 1. The number of tetrazole rings is 1. The number of hydrogen-bond donors (Lipinski definition) is 1. The molecule has 0 saturated carbocycles. The Morgan fingerprint density at radius 2 is 2.25 bits per heavy atom. The topological polar surface area (TPSA) is 80.9 Å². The van der Waals surface area contributed by atoms with Crippen molar-refractivity contribution in [1.82, 2.24) is 20.2 Å². The van der Waals surface area contributed by atoms with Gasteiger partial charge in [0.15, 0.2) is 0 Å². The minimum absolute atomic E-state index is 0.0560. The van der Waals surface area contributed by atoms with Crippen molar-refractivity contribution < 1.29 is 9.90 Å². The van der Waals surface area contributed by atoms with Crippen LogP contribution in [0.4, 0.5) is 0 Å². The molecule has 0 bridgehead atoms. The molecule has 0 spiro atoms. The van der Waals surface area contributed by atoms with E-state index in [1.807, 2.05) is 0 Å². The zero-order valence-corrected chi connectivity index (χ0v) is 9.01. The first-order valence-electron chi connectivity index (χ1n) is 4.35. The van der Waals surface area contributed by atoms with Crippen molar-refractivity contribution in [2.45, 2.75) is 0 Å². The van der Waals surface area contributed by atoms with Gasteiger partial charge >= 0.3 is 5.97 Å². The van der Waals surface area contributed by atoms with E-state index in [0.717, 1.165) is 0 Å². The van der Waals surface area contributed by atoms with Gasteiger partial charge in [0.25, 0.3) is 0 Å². The summed E-state index contributed by atoms with van der Waals surface area (Å²) in [6.07, 6.45) is 0. The first kappa shape index (κ1) is 10.6. The summed E-state index contributed by atoms with van der Waals surface area (Å²) >= 11 is 5.73. The van der Waals surface area contributed by atoms with E-state index in [-0.39, 0.29) is 11.4 Å². The van der Waals surface area contributed by atoms with Gasteiger partial charge in [-0.3, -0.25) is 0 Å². The Kier molecular flexibility index (Phi) is 2.57. The number of carbonyl (C=O) groups is 1. The number of aromatic nitrogens is 4. The largest absolute Gasteiger partial charge is 0.478 e. The third-order valence-corrected chi connectivity index (χ3v) is 2.20. The second-order valence-corrected chi connectivity index (χ2v) is 3.53. The van der Waals surface area contributed by atoms with Gasteiger partial charge < -0.3 is 5.11 Å². The highest BCUT2D eigenvalue weighted by atomic mass is 35.5. The molecule has 0 unspecified atom stereocenters. The van der Waals surface area contributed by atoms with Crippen molar-refractivity contribution >= 4 is 17.6 Å². The van der Waals surface area contributed by atoms with Gasteiger partial charge in [-0.1, -0.05) is 11.6 Å². The quantitative estimate of drug-likeness (QED) is 0.851. The summed E-state index contributed by atoms with van der Waals surface area (Å²) in [5, 5.41) is 20.7. The van der Waals surface area contributed by atoms with Crippen LogP contribution in [0.1, 0.15) is 10.4 Å². The van der Waals surface area contributed by atoms with E-state index in [1.54, 1.807) is 19.2 Å². The lowest BCUT2D eigenvalue weighted by Gasteiger charge is -2.01. The maximum atomic E-state index is 11.0. The van der Waals surface area contributed by atoms with Gasteiger partial charge in [-0.2, -0.15) is 4.80 Å². The highest BCUT2D eigenvalue weighted by Crippen LogP contribution is 2.23. The normalized spacial score (nSPS) is 10.4. The van der Waals surface area contributed by atoms with Crippen LogP contribution in [0.5, 0.6) is 0 Å². The van der Waals surface area contributed by atoms with E-state index < -0.39 is 5.97 Å². The van der Waals surface area contributed by atoms with Crippen LogP contribution in [0.2, 0.25) is 5.02 Å². The Labute approximate surface area is 95.5 Å². The predicted octanol–water partition coefficient (Wildman–Crippen LogP) is 1.23. The molecular formula is C9H7ClN4O2. The summed E-state index contributed by atoms with van der Waals surface area (Å²) in [5.74, 6) is -0.818. The van der Waals surface area contributed by atoms with Crippen molar-refractivity contribution in [2.75, 3.05) is 0 Å². The van der Waals surface area contributed by atoms with Crippen molar-refractivity contribution in [3.8, 4) is 11.4 Å². The fraction of sp³-hybridized carbons (Fsp3) is 0.111. The lowest BCUT2D eigenvalue weighted by atomic mass is 10.1. The molecule has 1 aromatic heterocycles. The van der Waals surface area contributed by atoms with Crippen LogP contribution in [-0.4, -0.2) is 31.3 Å². The Morgan fingerprint density at radius 1 is 1.50 bits per heavy atom. The molecule has 0 atom stereocenters. The van der Waals surface area contributed by atoms with Gasteiger partial charge in [-0.25, -0.2) is 4.79 Å². The molecule has 1 N–H and O–H groups in total. The van der Waals surface area contributed by atoms with Crippen LogP contribution in [0.15, 0.2) is 18.2 Å². The molecule has 2 rings (SSSR count). The molecule has 82 valence electrons. The summed E-state index contributed by atoms with van der Waals surface area (Å²) in [4.78, 5) is 12.3. The minimum Gasteiger partial charge on any atom is -0.478 e. The monoisotopic (exact) mass is 238 g/mol. The van der Waals surface area contributed by atoms with E-state index >= 15 is 0 Å². The van der Waals surface area contributed by atoms with Crippen LogP contribution in [0.25, 0.3) is 11.4 Å². The number of aromatic carboxylic acids is 1. The predicted molar refractivity (Wildman–Crippen MR) is 56.2 cm³/mol. The fourth-order valence-corrected chi connectivity index (χ4v) is 1.45. The fourth-order valence-electron chi connectivity index (χ4n) is 1.28. The van der Waals surface area contributed by atoms with E-state index in [9.17, 15) is 4.79 Å². The summed E-state index contributed by atoms with van der Waals surface area (Å²) in [6, 6.07) is 4.50. The van der Waals surface area contributed by atoms with Gasteiger partial charge in [0.1, 0.15) is 0 Å². The van der Waals surface area contributed by atoms with Crippen LogP contribution in [0.3, 0.4) is 0 Å². The van der Waals surface area contributed by atoms with Gasteiger partial charge in [0.05, 0.1) is 12.6 Å². The molecule has 6 nitrogen and oxygen atoms in total. The number of benzene rings is 1. The van der Waals surface area contributed by atoms with Gasteiger partial charge in [0, 0.05) is 10.6 Å². The number of aryl methyl sites for hydroxylation is 1. The Hall–Kier alpha value is -1.95. The number of carboxylic acids is 1. The lowest BCUT2D eigenvalue weighted by molar-refractivity contribution is 0.0697. The van der Waals surface area contributed by atoms with E-state index in [2.05, 4.69) is 15.4 Å². The molecule has 2 aromatic rings. The first-order valence-corrected chi connectivity index (χ1v) is 4.73. The van der Waals surface area contributed by atoms with Gasteiger partial charge in [-0.05, 0) is 23.4 Å². The standard InChI is InChI=1S/C9H7ClN4O2/c1-14-12-8(11-13-14)6-3-2-5(10)4-7(6)9(15)16/h2-4H,1H3,(H,15,16). The molecule has 1 heterocycles. The molecule has 0 aliphatic carbocycles. The molecule has 0 radical (unpaired) electrons. The Balaban J connectivity index is 2.60. The number of rotatable bonds is 2. The number of halogens is 1. The second-order valence-electron chi connectivity index (χ2n) is 3.10. The van der Waals surface area contributed by atoms with Crippen molar-refractivity contribution in [2.24, 2.45) is 7.05 Å². The smallest absolute Gasteiger partial charge is 0.336 e. The lowest BCUT2D eigenvalue weighted by Crippen LogP contribution is -2.00. The van der Waals surface area contributed by atoms with Gasteiger partial charge in [0.2, 0.25) is 5.82 Å². The SMILES string of the molecule is Cn1nnc(-c2ccc(Cl)cc2C(=O)O)n1. The van der Waals surface area contributed by atoms with Crippen LogP contribution in [-0.2, 0) is 7.05 Å². The van der Waals surface area contributed by atoms with Gasteiger partial charge in [-0.15, -0.1) is 10.2 Å². The second kappa shape index (κ2) is 3.90. The number of hydrogen-bond acceptors (Lipinski definition) is 4. The van der Waals surface area contributed by atoms with E-state index in [4.69, 9.17) is 16.7 Å². The summed E-state index contributed by atoms with van der Waals surface area (Å²) in [7, 11) is 1.60. The molecule has 0 fully saturated rings. The zero-order chi connectivity index (χ0) is 11.7. The highest BCUT2D eigenvalue weighted by molar-refractivity contribution is 6.31. The van der Waals surface area contributed by atoms with E-state index in [1.165, 1.54) is 10.9 Å². The third-order valence-electron chi connectivity index (χ3n) is 1.96. The van der Waals surface area contributed by atoms with E-state index in [0.29, 0.717) is 10.6 Å². The Morgan fingerprint density at radius 3 is 2.81 bits per heavy atom. The molecule has 0 aliphatic rings. The molecular weight excluding hydrogens is 232 g/mol. The summed E-state index contributed by atoms with van der Waals surface area (Å²) in [5.41, 5.74) is 0.450. The molecule has 7 heteroatoms. The van der Waals surface area contributed by atoms with Crippen molar-refractivity contribution in [3.05, 3.63) is 28.8 Å². The summed E-state index contributed by atoms with van der Waals surface area (Å²) in [6.45, 7) is 0. The van der Waals surface area contributed by atoms with Crippen LogP contribution < -0.4 is 0 Å². The molecule has 0 aliphatic heterocycles. The number of nitrogens with zero attached hydrogens (tertiary/aromatic N) is 4. The first-order chi connectivity index (χ1) is 7.58. The zero-order valence-electron chi connectivity index (χ0n) is 8.25. The summed E-state index contributed by atoms with van der Waals surface area (Å²) < 4.78 is 0. The molecule has 0 amide bonds. The average Bonchev–Trinajstić information content (AvgIpc) is 2.64. The van der Waals surface area contributed by atoms with Crippen molar-refractivity contribution in [1.29, 1.82) is 0 Å².